The minimum absolute atomic E-state index is 0. The summed E-state index contributed by atoms with van der Waals surface area (Å²) < 4.78 is 39.2. The van der Waals surface area contributed by atoms with E-state index in [-0.39, 0.29) is 18.0 Å². The van der Waals surface area contributed by atoms with Gasteiger partial charge in [0.05, 0.1) is 16.8 Å². The first-order valence-corrected chi connectivity index (χ1v) is 11.4. The number of H-pyrrole nitrogens is 1. The number of carbonyl (C=O) groups is 1. The van der Waals surface area contributed by atoms with E-state index in [4.69, 9.17) is 0 Å². The lowest BCUT2D eigenvalue weighted by atomic mass is 9.96. The van der Waals surface area contributed by atoms with Gasteiger partial charge in [0.1, 0.15) is 0 Å². The molecular weight excluding hydrogens is 515 g/mol. The molecule has 0 atom stereocenters. The topological polar surface area (TPSA) is 65.2 Å². The van der Waals surface area contributed by atoms with E-state index in [2.05, 4.69) is 10.3 Å². The number of carbonyl (C=O) groups excluding carboxylic acids is 1. The fourth-order valence-corrected chi connectivity index (χ4v) is 3.84. The van der Waals surface area contributed by atoms with E-state index in [0.29, 0.717) is 27.7 Å². The first-order chi connectivity index (χ1) is 17.6. The lowest BCUT2D eigenvalue weighted by Crippen LogP contribution is -2.09. The number of allylic oxidation sites excluding steroid dienone is 2. The summed E-state index contributed by atoms with van der Waals surface area (Å²) in [5.74, 6) is -0.398. The number of halogens is 4. The van der Waals surface area contributed by atoms with E-state index < -0.39 is 17.6 Å². The maximum Gasteiger partial charge on any atom is 0.416 e. The number of aromatic nitrogens is 1. The van der Waals surface area contributed by atoms with Crippen molar-refractivity contribution in [3.63, 3.8) is 0 Å². The Kier molecular flexibility index (Phi) is 8.80. The number of nitrogens with one attached hydrogen (secondary N) is 2. The maximum absolute atomic E-state index is 13.1. The predicted molar refractivity (Wildman–Crippen MR) is 149 cm³/mol. The number of amides is 1. The highest BCUT2D eigenvalue weighted by Gasteiger charge is 2.30. The van der Waals surface area contributed by atoms with Gasteiger partial charge in [-0.2, -0.15) is 13.2 Å². The van der Waals surface area contributed by atoms with Gasteiger partial charge in [-0.1, -0.05) is 42.5 Å². The summed E-state index contributed by atoms with van der Waals surface area (Å²) in [6.07, 6.45) is 0.147. The van der Waals surface area contributed by atoms with Crippen LogP contribution in [0.1, 0.15) is 16.7 Å². The largest absolute Gasteiger partial charge is 0.416 e. The molecule has 3 aromatic carbocycles. The molecule has 9 heteroatoms. The second kappa shape index (κ2) is 11.8. The van der Waals surface area contributed by atoms with Crippen molar-refractivity contribution in [2.75, 3.05) is 24.3 Å². The van der Waals surface area contributed by atoms with E-state index in [1.807, 2.05) is 43.3 Å². The van der Waals surface area contributed by atoms with Gasteiger partial charge in [0.15, 0.2) is 0 Å². The van der Waals surface area contributed by atoms with E-state index in [0.717, 1.165) is 23.4 Å². The Morgan fingerprint density at radius 3 is 2.13 bits per heavy atom. The minimum Gasteiger partial charge on any atom is -0.378 e. The van der Waals surface area contributed by atoms with Crippen LogP contribution in [-0.4, -0.2) is 25.0 Å². The fourth-order valence-electron chi connectivity index (χ4n) is 3.84. The lowest BCUT2D eigenvalue weighted by molar-refractivity contribution is -0.137. The number of hydrogen-bond acceptors (Lipinski definition) is 3. The molecule has 0 aliphatic heterocycles. The number of aromatic amines is 1. The Bertz CT molecular complexity index is 1540. The molecular formula is C29H25ClF3N3O2. The average Bonchev–Trinajstić information content (AvgIpc) is 2.86. The van der Waals surface area contributed by atoms with Gasteiger partial charge in [-0.15, -0.1) is 12.4 Å². The molecule has 4 rings (SSSR count). The quantitative estimate of drug-likeness (QED) is 0.213. The number of nitrogens with zero attached hydrogens (tertiary/aromatic N) is 1. The Hall–Kier alpha value is -4.30. The molecule has 1 aromatic heterocycles. The fraction of sp³-hybridized carbons (Fsp3) is 0.103. The van der Waals surface area contributed by atoms with Gasteiger partial charge in [-0.05, 0) is 59.2 Å². The third-order valence-electron chi connectivity index (χ3n) is 5.75. The number of rotatable bonds is 6. The summed E-state index contributed by atoms with van der Waals surface area (Å²) in [5, 5.41) is 3.48. The molecule has 0 radical (unpaired) electrons. The molecule has 4 aromatic rings. The van der Waals surface area contributed by atoms with Crippen LogP contribution in [0.15, 0.2) is 102 Å². The first-order valence-electron chi connectivity index (χ1n) is 11.4. The van der Waals surface area contributed by atoms with Gasteiger partial charge in [0.2, 0.25) is 11.5 Å². The van der Waals surface area contributed by atoms with Crippen LogP contribution in [0.2, 0.25) is 0 Å². The Morgan fingerprint density at radius 2 is 1.53 bits per heavy atom. The number of pyridine rings is 1. The molecule has 0 unspecified atom stereocenters. The van der Waals surface area contributed by atoms with Crippen LogP contribution in [0.3, 0.4) is 0 Å². The highest BCUT2D eigenvalue weighted by atomic mass is 35.5. The van der Waals surface area contributed by atoms with Gasteiger partial charge in [0, 0.05) is 37.3 Å². The zero-order valence-electron chi connectivity index (χ0n) is 20.5. The van der Waals surface area contributed by atoms with Crippen molar-refractivity contribution in [3.05, 3.63) is 124 Å². The molecule has 0 saturated carbocycles. The molecule has 0 saturated heterocycles. The van der Waals surface area contributed by atoms with Crippen molar-refractivity contribution in [3.8, 4) is 0 Å². The standard InChI is InChI=1S/C29H24F3N3O2.ClH/c1-35(2)22-15-11-20(12-16-22)23(19-9-13-21(14-10-19)29(30,31)32)5-3-8-27(36)33-25-6-4-7-26-24(25)17-18-28(37)34-26;/h3-18H,1-2H3,(H,33,36)(H,34,37);1H. The minimum atomic E-state index is -4.43. The molecule has 0 bridgehead atoms. The maximum atomic E-state index is 13.1. The van der Waals surface area contributed by atoms with Crippen molar-refractivity contribution in [2.45, 2.75) is 6.18 Å². The zero-order valence-corrected chi connectivity index (χ0v) is 21.4. The Morgan fingerprint density at radius 1 is 0.895 bits per heavy atom. The molecule has 0 aliphatic rings. The monoisotopic (exact) mass is 539 g/mol. The molecule has 0 fully saturated rings. The zero-order chi connectivity index (χ0) is 26.6. The highest BCUT2D eigenvalue weighted by Crippen LogP contribution is 2.32. The van der Waals surface area contributed by atoms with Crippen molar-refractivity contribution >= 4 is 46.2 Å². The van der Waals surface area contributed by atoms with Gasteiger partial charge >= 0.3 is 6.18 Å². The number of hydrogen-bond donors (Lipinski definition) is 2. The van der Waals surface area contributed by atoms with Gasteiger partial charge in [-0.3, -0.25) is 9.59 Å². The second-order valence-electron chi connectivity index (χ2n) is 8.53. The highest BCUT2D eigenvalue weighted by molar-refractivity contribution is 6.05. The molecule has 2 N–H and O–H groups in total. The molecule has 1 amide bonds. The van der Waals surface area contributed by atoms with E-state index in [9.17, 15) is 22.8 Å². The summed E-state index contributed by atoms with van der Waals surface area (Å²) in [6.45, 7) is 0. The number of benzene rings is 3. The third kappa shape index (κ3) is 6.72. The van der Waals surface area contributed by atoms with Crippen LogP contribution < -0.4 is 15.8 Å². The summed E-state index contributed by atoms with van der Waals surface area (Å²) in [6, 6.07) is 20.7. The van der Waals surface area contributed by atoms with Crippen LogP contribution in [-0.2, 0) is 11.0 Å². The van der Waals surface area contributed by atoms with Crippen LogP contribution in [0.25, 0.3) is 16.5 Å². The SMILES string of the molecule is CN(C)c1ccc(C(=CC=CC(=O)Nc2cccc3[nH]c(=O)ccc23)c2ccc(C(F)(F)F)cc2)cc1.Cl. The van der Waals surface area contributed by atoms with Crippen LogP contribution in [0, 0.1) is 0 Å². The van der Waals surface area contributed by atoms with Crippen molar-refractivity contribution in [2.24, 2.45) is 0 Å². The average molecular weight is 540 g/mol. The van der Waals surface area contributed by atoms with Gasteiger partial charge < -0.3 is 15.2 Å². The normalized spacial score (nSPS) is 11.9. The van der Waals surface area contributed by atoms with Gasteiger partial charge in [-0.25, -0.2) is 0 Å². The van der Waals surface area contributed by atoms with E-state index in [1.54, 1.807) is 36.4 Å². The Balaban J connectivity index is 0.00000400. The molecule has 196 valence electrons. The van der Waals surface area contributed by atoms with Crippen LogP contribution >= 0.6 is 12.4 Å². The van der Waals surface area contributed by atoms with E-state index in [1.165, 1.54) is 24.3 Å². The molecule has 1 heterocycles. The summed E-state index contributed by atoms with van der Waals surface area (Å²) >= 11 is 0. The van der Waals surface area contributed by atoms with E-state index >= 15 is 0 Å². The molecule has 0 aliphatic carbocycles. The van der Waals surface area contributed by atoms with Crippen molar-refractivity contribution in [1.29, 1.82) is 0 Å². The first kappa shape index (κ1) is 28.3. The Labute approximate surface area is 223 Å². The van der Waals surface area contributed by atoms with Crippen molar-refractivity contribution < 1.29 is 18.0 Å². The third-order valence-corrected chi connectivity index (χ3v) is 5.75. The van der Waals surface area contributed by atoms with Crippen LogP contribution in [0.5, 0.6) is 0 Å². The second-order valence-corrected chi connectivity index (χ2v) is 8.53. The predicted octanol–water partition coefficient (Wildman–Crippen LogP) is 6.66. The summed E-state index contributed by atoms with van der Waals surface area (Å²) in [5.41, 5.74) is 3.16. The summed E-state index contributed by atoms with van der Waals surface area (Å²) in [7, 11) is 3.83. The number of anilines is 2. The number of alkyl halides is 3. The van der Waals surface area contributed by atoms with Crippen molar-refractivity contribution in [1.82, 2.24) is 4.98 Å². The molecule has 0 spiro atoms. The molecule has 38 heavy (non-hydrogen) atoms. The van der Waals surface area contributed by atoms with Crippen LogP contribution in [0.4, 0.5) is 24.5 Å². The van der Waals surface area contributed by atoms with Gasteiger partial charge in [0.25, 0.3) is 0 Å². The lowest BCUT2D eigenvalue weighted by Gasteiger charge is -2.14. The smallest absolute Gasteiger partial charge is 0.378 e. The number of fused-ring (bicyclic) bond motifs is 1. The molecule has 5 nitrogen and oxygen atoms in total. The summed E-state index contributed by atoms with van der Waals surface area (Å²) in [4.78, 5) is 28.8.